The smallest absolute Gasteiger partial charge is 0.0724 e. The molecule has 33 heavy (non-hydrogen) atoms. The van der Waals surface area contributed by atoms with Gasteiger partial charge in [0.15, 0.2) is 0 Å². The Morgan fingerprint density at radius 1 is 0.606 bits per heavy atom. The zero-order valence-corrected chi connectivity index (χ0v) is 18.6. The average Bonchev–Trinajstić information content (AvgIpc) is 3.20. The van der Waals surface area contributed by atoms with Gasteiger partial charge in [0.1, 0.15) is 0 Å². The molecule has 0 aliphatic rings. The number of nitrogens with zero attached hydrogens (tertiary/aromatic N) is 2. The Morgan fingerprint density at radius 2 is 1.21 bits per heavy atom. The normalized spacial score (nSPS) is 11.3. The maximum absolute atomic E-state index is 4.38. The number of benzene rings is 4. The van der Waals surface area contributed by atoms with Crippen molar-refractivity contribution in [3.8, 4) is 16.8 Å². The molecular formula is C31H24N2. The van der Waals surface area contributed by atoms with Crippen LogP contribution in [0.4, 0.5) is 0 Å². The fourth-order valence-electron chi connectivity index (χ4n) is 4.66. The summed E-state index contributed by atoms with van der Waals surface area (Å²) in [6, 6.07) is 37.2. The molecule has 0 spiro atoms. The molecule has 0 radical (unpaired) electrons. The zero-order valence-electron chi connectivity index (χ0n) is 18.6. The molecule has 2 nitrogen and oxygen atoms in total. The molecule has 0 saturated carbocycles. The molecule has 6 rings (SSSR count). The van der Waals surface area contributed by atoms with Gasteiger partial charge in [-0.1, -0.05) is 84.4 Å². The Labute approximate surface area is 193 Å². The Morgan fingerprint density at radius 3 is 1.94 bits per heavy atom. The SMILES string of the molecule is Cc1ccc(-c2ccc(Cc3ccc(-n4c5ccccc5c5ccncc54)cc3)cc2)cc1. The molecule has 0 fully saturated rings. The maximum Gasteiger partial charge on any atom is 0.0724 e. The number of rotatable bonds is 4. The van der Waals surface area contributed by atoms with Crippen molar-refractivity contribution in [1.82, 2.24) is 9.55 Å². The first kappa shape index (κ1) is 19.5. The number of aryl methyl sites for hydroxylation is 1. The molecule has 0 amide bonds. The molecule has 0 atom stereocenters. The van der Waals surface area contributed by atoms with Crippen LogP contribution in [0.1, 0.15) is 16.7 Å². The average molecular weight is 425 g/mol. The minimum atomic E-state index is 0.920. The Hall–Kier alpha value is -4.17. The number of pyridine rings is 1. The van der Waals surface area contributed by atoms with Crippen LogP contribution in [0, 0.1) is 6.92 Å². The lowest BCUT2D eigenvalue weighted by Crippen LogP contribution is -1.95. The fourth-order valence-corrected chi connectivity index (χ4v) is 4.66. The highest BCUT2D eigenvalue weighted by Crippen LogP contribution is 2.31. The Kier molecular flexibility index (Phi) is 4.77. The van der Waals surface area contributed by atoms with Crippen molar-refractivity contribution in [1.29, 1.82) is 0 Å². The molecule has 0 bridgehead atoms. The fraction of sp³-hybridized carbons (Fsp3) is 0.0645. The van der Waals surface area contributed by atoms with E-state index in [2.05, 4.69) is 120 Å². The van der Waals surface area contributed by atoms with Crippen LogP contribution in [0.15, 0.2) is 116 Å². The van der Waals surface area contributed by atoms with Gasteiger partial charge in [-0.15, -0.1) is 0 Å². The van der Waals surface area contributed by atoms with Crippen LogP contribution in [0.3, 0.4) is 0 Å². The molecule has 4 aromatic carbocycles. The number of hydrogen-bond acceptors (Lipinski definition) is 1. The lowest BCUT2D eigenvalue weighted by molar-refractivity contribution is 1.14. The van der Waals surface area contributed by atoms with Crippen LogP contribution >= 0.6 is 0 Å². The second-order valence-corrected chi connectivity index (χ2v) is 8.65. The molecule has 6 aromatic rings. The van der Waals surface area contributed by atoms with Crippen molar-refractivity contribution in [2.75, 3.05) is 0 Å². The van der Waals surface area contributed by atoms with E-state index in [0.717, 1.165) is 17.6 Å². The molecule has 0 aliphatic heterocycles. The summed E-state index contributed by atoms with van der Waals surface area (Å²) in [6.07, 6.45) is 4.74. The van der Waals surface area contributed by atoms with Crippen LogP contribution in [-0.2, 0) is 6.42 Å². The molecular weight excluding hydrogens is 400 g/mol. The lowest BCUT2D eigenvalue weighted by atomic mass is 9.99. The first-order chi connectivity index (χ1) is 16.3. The van der Waals surface area contributed by atoms with Crippen molar-refractivity contribution in [3.05, 3.63) is 132 Å². The maximum atomic E-state index is 4.38. The molecule has 158 valence electrons. The third-order valence-corrected chi connectivity index (χ3v) is 6.42. The van der Waals surface area contributed by atoms with Crippen LogP contribution in [-0.4, -0.2) is 9.55 Å². The lowest BCUT2D eigenvalue weighted by Gasteiger charge is -2.09. The van der Waals surface area contributed by atoms with Crippen molar-refractivity contribution in [3.63, 3.8) is 0 Å². The minimum Gasteiger partial charge on any atom is -0.308 e. The van der Waals surface area contributed by atoms with Gasteiger partial charge in [0.05, 0.1) is 17.2 Å². The molecule has 2 aromatic heterocycles. The van der Waals surface area contributed by atoms with E-state index in [9.17, 15) is 0 Å². The minimum absolute atomic E-state index is 0.920. The summed E-state index contributed by atoms with van der Waals surface area (Å²) in [6.45, 7) is 2.12. The summed E-state index contributed by atoms with van der Waals surface area (Å²) in [7, 11) is 0. The highest BCUT2D eigenvalue weighted by atomic mass is 15.0. The van der Waals surface area contributed by atoms with E-state index >= 15 is 0 Å². The molecule has 0 unspecified atom stereocenters. The van der Waals surface area contributed by atoms with Gasteiger partial charge in [-0.25, -0.2) is 0 Å². The van der Waals surface area contributed by atoms with Gasteiger partial charge in [0.25, 0.3) is 0 Å². The summed E-state index contributed by atoms with van der Waals surface area (Å²) >= 11 is 0. The van der Waals surface area contributed by atoms with E-state index in [1.165, 1.54) is 44.1 Å². The van der Waals surface area contributed by atoms with Gasteiger partial charge in [-0.2, -0.15) is 0 Å². The Balaban J connectivity index is 1.29. The van der Waals surface area contributed by atoms with Crippen LogP contribution in [0.5, 0.6) is 0 Å². The van der Waals surface area contributed by atoms with Gasteiger partial charge in [-0.05, 0) is 59.9 Å². The largest absolute Gasteiger partial charge is 0.308 e. The van der Waals surface area contributed by atoms with Crippen LogP contribution in [0.2, 0.25) is 0 Å². The van der Waals surface area contributed by atoms with E-state index < -0.39 is 0 Å². The van der Waals surface area contributed by atoms with Crippen LogP contribution < -0.4 is 0 Å². The first-order valence-corrected chi connectivity index (χ1v) is 11.3. The van der Waals surface area contributed by atoms with E-state index in [4.69, 9.17) is 0 Å². The Bertz CT molecular complexity index is 1500. The third-order valence-electron chi connectivity index (χ3n) is 6.42. The van der Waals surface area contributed by atoms with Gasteiger partial charge >= 0.3 is 0 Å². The monoisotopic (exact) mass is 424 g/mol. The van der Waals surface area contributed by atoms with Crippen molar-refractivity contribution in [2.24, 2.45) is 0 Å². The summed E-state index contributed by atoms with van der Waals surface area (Å²) in [5.41, 5.74) is 9.94. The molecule has 2 heterocycles. The first-order valence-electron chi connectivity index (χ1n) is 11.3. The topological polar surface area (TPSA) is 17.8 Å². The predicted octanol–water partition coefficient (Wildman–Crippen LogP) is 7.74. The van der Waals surface area contributed by atoms with Crippen LogP contribution in [0.25, 0.3) is 38.6 Å². The second kappa shape index (κ2) is 8.07. The van der Waals surface area contributed by atoms with E-state index in [1.807, 2.05) is 12.4 Å². The predicted molar refractivity (Wildman–Crippen MR) is 138 cm³/mol. The van der Waals surface area contributed by atoms with E-state index in [-0.39, 0.29) is 0 Å². The highest BCUT2D eigenvalue weighted by molar-refractivity contribution is 6.08. The van der Waals surface area contributed by atoms with Crippen molar-refractivity contribution >= 4 is 21.8 Å². The van der Waals surface area contributed by atoms with Crippen molar-refractivity contribution < 1.29 is 0 Å². The number of hydrogen-bond donors (Lipinski definition) is 0. The number of fused-ring (bicyclic) bond motifs is 3. The van der Waals surface area contributed by atoms with E-state index in [1.54, 1.807) is 0 Å². The number of aromatic nitrogens is 2. The van der Waals surface area contributed by atoms with Crippen molar-refractivity contribution in [2.45, 2.75) is 13.3 Å². The molecule has 0 saturated heterocycles. The highest BCUT2D eigenvalue weighted by Gasteiger charge is 2.11. The summed E-state index contributed by atoms with van der Waals surface area (Å²) in [5, 5.41) is 2.49. The number of para-hydroxylation sites is 1. The quantitative estimate of drug-likeness (QED) is 0.283. The molecule has 0 N–H and O–H groups in total. The van der Waals surface area contributed by atoms with Gasteiger partial charge in [-0.3, -0.25) is 4.98 Å². The molecule has 0 aliphatic carbocycles. The van der Waals surface area contributed by atoms with Gasteiger partial charge < -0.3 is 4.57 Å². The molecule has 2 heteroatoms. The van der Waals surface area contributed by atoms with E-state index in [0.29, 0.717) is 0 Å². The van der Waals surface area contributed by atoms with Gasteiger partial charge in [0, 0.05) is 22.7 Å². The third kappa shape index (κ3) is 3.60. The van der Waals surface area contributed by atoms with Gasteiger partial charge in [0.2, 0.25) is 0 Å². The standard InChI is InChI=1S/C31H24N2/c1-22-6-12-25(13-7-22)26-14-8-23(9-15-26)20-24-10-16-27(17-11-24)33-30-5-3-2-4-28(30)29-18-19-32-21-31(29)33/h2-19,21H,20H2,1H3. The summed E-state index contributed by atoms with van der Waals surface area (Å²) < 4.78 is 2.30. The summed E-state index contributed by atoms with van der Waals surface area (Å²) in [4.78, 5) is 4.38. The second-order valence-electron chi connectivity index (χ2n) is 8.65. The zero-order chi connectivity index (χ0) is 22.2. The summed E-state index contributed by atoms with van der Waals surface area (Å²) in [5.74, 6) is 0.